The van der Waals surface area contributed by atoms with E-state index in [9.17, 15) is 4.79 Å². The minimum absolute atomic E-state index is 0.253. The second-order valence-electron chi connectivity index (χ2n) is 4.80. The number of rotatable bonds is 5. The Morgan fingerprint density at radius 2 is 2.22 bits per heavy atom. The lowest BCUT2D eigenvalue weighted by Gasteiger charge is -2.08. The third kappa shape index (κ3) is 3.72. The number of fused-ring (bicyclic) bond motifs is 1. The maximum absolute atomic E-state index is 10.4. The molecule has 0 unspecified atom stereocenters. The number of hydrogen-bond donors (Lipinski definition) is 2. The third-order valence-corrected chi connectivity index (χ3v) is 3.28. The second kappa shape index (κ2) is 6.38. The van der Waals surface area contributed by atoms with Crippen LogP contribution in [0.4, 0.5) is 5.82 Å². The van der Waals surface area contributed by atoms with Gasteiger partial charge in [0.25, 0.3) is 0 Å². The number of aryl methyl sites for hydroxylation is 2. The van der Waals surface area contributed by atoms with E-state index in [-0.39, 0.29) is 6.42 Å². The van der Waals surface area contributed by atoms with Crippen LogP contribution in [-0.4, -0.2) is 22.6 Å². The fourth-order valence-electron chi connectivity index (χ4n) is 2.25. The number of unbranched alkanes of at least 4 members (excludes halogenated alkanes) is 1. The Bertz CT molecular complexity index is 418. The second-order valence-corrected chi connectivity index (χ2v) is 4.80. The number of aromatic nitrogens is 1. The summed E-state index contributed by atoms with van der Waals surface area (Å²) in [5, 5.41) is 11.9. The molecule has 0 aliphatic carbocycles. The van der Waals surface area contributed by atoms with Gasteiger partial charge in [-0.25, -0.2) is 4.98 Å². The molecule has 0 atom stereocenters. The van der Waals surface area contributed by atoms with Crippen LogP contribution >= 0.6 is 0 Å². The van der Waals surface area contributed by atoms with E-state index in [1.54, 1.807) is 0 Å². The molecule has 1 aromatic heterocycles. The van der Waals surface area contributed by atoms with Gasteiger partial charge in [0.1, 0.15) is 5.82 Å². The molecule has 0 aromatic carbocycles. The van der Waals surface area contributed by atoms with Crippen molar-refractivity contribution in [1.29, 1.82) is 0 Å². The number of pyridine rings is 1. The molecule has 0 bridgehead atoms. The molecular formula is C14H20N2O2. The molecule has 2 rings (SSSR count). The van der Waals surface area contributed by atoms with Gasteiger partial charge >= 0.3 is 5.97 Å². The summed E-state index contributed by atoms with van der Waals surface area (Å²) in [7, 11) is 0. The highest BCUT2D eigenvalue weighted by Crippen LogP contribution is 2.20. The van der Waals surface area contributed by atoms with Gasteiger partial charge in [-0.15, -0.1) is 0 Å². The van der Waals surface area contributed by atoms with Gasteiger partial charge in [0.15, 0.2) is 0 Å². The van der Waals surface area contributed by atoms with E-state index >= 15 is 0 Å². The zero-order chi connectivity index (χ0) is 12.8. The highest BCUT2D eigenvalue weighted by molar-refractivity contribution is 5.66. The van der Waals surface area contributed by atoms with Crippen molar-refractivity contribution in [2.24, 2.45) is 0 Å². The molecule has 0 fully saturated rings. The highest BCUT2D eigenvalue weighted by Gasteiger charge is 2.09. The van der Waals surface area contributed by atoms with Crippen LogP contribution in [0.5, 0.6) is 0 Å². The number of hydrogen-bond acceptors (Lipinski definition) is 3. The molecule has 0 saturated carbocycles. The minimum atomic E-state index is -0.716. The Kier molecular flexibility index (Phi) is 4.56. The Hall–Kier alpha value is -1.58. The normalized spacial score (nSPS) is 14.4. The van der Waals surface area contributed by atoms with Crippen LogP contribution in [0.2, 0.25) is 0 Å². The Morgan fingerprint density at radius 3 is 3.06 bits per heavy atom. The van der Waals surface area contributed by atoms with Crippen LogP contribution in [0.25, 0.3) is 0 Å². The summed E-state index contributed by atoms with van der Waals surface area (Å²) in [6.45, 7) is 1.00. The summed E-state index contributed by atoms with van der Waals surface area (Å²) in [4.78, 5) is 15.0. The van der Waals surface area contributed by atoms with Crippen LogP contribution in [0.1, 0.15) is 43.4 Å². The van der Waals surface area contributed by atoms with Crippen molar-refractivity contribution in [3.63, 3.8) is 0 Å². The molecule has 0 amide bonds. The van der Waals surface area contributed by atoms with E-state index in [0.29, 0.717) is 0 Å². The first kappa shape index (κ1) is 12.9. The van der Waals surface area contributed by atoms with Crippen molar-refractivity contribution in [2.75, 3.05) is 11.9 Å². The van der Waals surface area contributed by atoms with Gasteiger partial charge in [-0.3, -0.25) is 4.79 Å². The van der Waals surface area contributed by atoms with Crippen molar-refractivity contribution >= 4 is 11.8 Å². The van der Waals surface area contributed by atoms with Gasteiger partial charge in [0, 0.05) is 18.7 Å². The molecule has 18 heavy (non-hydrogen) atoms. The van der Waals surface area contributed by atoms with Crippen LogP contribution in [-0.2, 0) is 17.6 Å². The molecule has 1 aromatic rings. The molecule has 2 N–H and O–H groups in total. The zero-order valence-electron chi connectivity index (χ0n) is 10.6. The fraction of sp³-hybridized carbons (Fsp3) is 0.571. The Morgan fingerprint density at radius 1 is 1.33 bits per heavy atom. The molecule has 1 aliphatic rings. The number of nitrogens with one attached hydrogen (secondary N) is 1. The van der Waals surface area contributed by atoms with Gasteiger partial charge in [-0.1, -0.05) is 6.07 Å². The number of carbonyl (C=O) groups is 1. The summed E-state index contributed by atoms with van der Waals surface area (Å²) in [6.07, 6.45) is 6.25. The van der Waals surface area contributed by atoms with Gasteiger partial charge < -0.3 is 10.4 Å². The van der Waals surface area contributed by atoms with E-state index in [2.05, 4.69) is 22.4 Å². The van der Waals surface area contributed by atoms with Gasteiger partial charge in [0.05, 0.1) is 0 Å². The number of anilines is 1. The Balaban J connectivity index is 1.89. The van der Waals surface area contributed by atoms with Crippen LogP contribution in [0.3, 0.4) is 0 Å². The van der Waals surface area contributed by atoms with Crippen molar-refractivity contribution in [3.05, 3.63) is 23.4 Å². The maximum Gasteiger partial charge on any atom is 0.303 e. The molecule has 4 nitrogen and oxygen atoms in total. The van der Waals surface area contributed by atoms with Gasteiger partial charge in [-0.05, 0) is 50.2 Å². The highest BCUT2D eigenvalue weighted by atomic mass is 16.4. The first-order chi connectivity index (χ1) is 8.75. The topological polar surface area (TPSA) is 62.2 Å². The summed E-state index contributed by atoms with van der Waals surface area (Å²) < 4.78 is 0. The lowest BCUT2D eigenvalue weighted by atomic mass is 10.1. The quantitative estimate of drug-likeness (QED) is 0.786. The summed E-state index contributed by atoms with van der Waals surface area (Å²) >= 11 is 0. The van der Waals surface area contributed by atoms with E-state index in [1.807, 2.05) is 0 Å². The fourth-order valence-corrected chi connectivity index (χ4v) is 2.25. The number of aliphatic carboxylic acids is 1. The van der Waals surface area contributed by atoms with Crippen LogP contribution in [0, 0.1) is 0 Å². The van der Waals surface area contributed by atoms with E-state index in [0.717, 1.165) is 43.7 Å². The Labute approximate surface area is 107 Å². The monoisotopic (exact) mass is 248 g/mol. The maximum atomic E-state index is 10.4. The predicted octanol–water partition coefficient (Wildman–Crippen LogP) is 2.63. The van der Waals surface area contributed by atoms with Gasteiger partial charge in [0.2, 0.25) is 0 Å². The molecular weight excluding hydrogens is 228 g/mol. The summed E-state index contributed by atoms with van der Waals surface area (Å²) in [5.41, 5.74) is 2.37. The average molecular weight is 248 g/mol. The molecule has 1 aliphatic heterocycles. The first-order valence-corrected chi connectivity index (χ1v) is 6.70. The number of nitrogens with zero attached hydrogens (tertiary/aromatic N) is 1. The predicted molar refractivity (Wildman–Crippen MR) is 70.9 cm³/mol. The number of carboxylic acid groups (broad SMARTS) is 1. The molecule has 0 radical (unpaired) electrons. The zero-order valence-corrected chi connectivity index (χ0v) is 10.6. The first-order valence-electron chi connectivity index (χ1n) is 6.70. The van der Waals surface area contributed by atoms with Crippen LogP contribution < -0.4 is 5.32 Å². The molecule has 98 valence electrons. The van der Waals surface area contributed by atoms with Crippen molar-refractivity contribution in [1.82, 2.24) is 4.98 Å². The lowest BCUT2D eigenvalue weighted by molar-refractivity contribution is -0.137. The molecule has 0 spiro atoms. The largest absolute Gasteiger partial charge is 0.481 e. The standard InChI is InChI=1S/C14H20N2O2/c17-13(18)7-2-1-6-12-9-8-11-5-3-4-10-15-14(11)16-12/h8-9H,1-7,10H2,(H,15,16)(H,17,18). The van der Waals surface area contributed by atoms with Crippen molar-refractivity contribution < 1.29 is 9.90 Å². The SMILES string of the molecule is O=C(O)CCCCc1ccc2c(n1)NCCCC2. The molecule has 0 saturated heterocycles. The van der Waals surface area contributed by atoms with Gasteiger partial charge in [-0.2, -0.15) is 0 Å². The third-order valence-electron chi connectivity index (χ3n) is 3.28. The van der Waals surface area contributed by atoms with E-state index in [4.69, 9.17) is 5.11 Å². The van der Waals surface area contributed by atoms with E-state index in [1.165, 1.54) is 18.4 Å². The van der Waals surface area contributed by atoms with Crippen molar-refractivity contribution in [2.45, 2.75) is 44.9 Å². The van der Waals surface area contributed by atoms with Crippen LogP contribution in [0.15, 0.2) is 12.1 Å². The summed E-state index contributed by atoms with van der Waals surface area (Å²) in [6, 6.07) is 4.24. The van der Waals surface area contributed by atoms with E-state index < -0.39 is 5.97 Å². The smallest absolute Gasteiger partial charge is 0.303 e. The average Bonchev–Trinajstić information content (AvgIpc) is 2.59. The molecule has 4 heteroatoms. The van der Waals surface area contributed by atoms with Crippen molar-refractivity contribution in [3.8, 4) is 0 Å². The number of carboxylic acids is 1. The molecule has 2 heterocycles. The lowest BCUT2D eigenvalue weighted by Crippen LogP contribution is -2.04. The minimum Gasteiger partial charge on any atom is -0.481 e. The summed E-state index contributed by atoms with van der Waals surface area (Å²) in [5.74, 6) is 0.315.